The first kappa shape index (κ1) is 22.5. The molecule has 1 saturated heterocycles. The molecule has 1 aliphatic heterocycles. The van der Waals surface area contributed by atoms with Crippen molar-refractivity contribution in [2.75, 3.05) is 18.4 Å². The fourth-order valence-electron chi connectivity index (χ4n) is 3.26. The minimum atomic E-state index is -3.57. The molecule has 1 amide bonds. The van der Waals surface area contributed by atoms with E-state index in [9.17, 15) is 23.3 Å². The number of benzene rings is 2. The standard InChI is InChI=1S/C19H19Cl2N3O5S/c20-16-4-2-1-3-14(16)12-30(28,29)23-9-7-13(8-10-23)19(25)22-18-11-15(24(26)27)5-6-17(18)21/h1-6,11,13H,7-10,12H2,(H,22,25). The number of halogens is 2. The zero-order chi connectivity index (χ0) is 21.9. The van der Waals surface area contributed by atoms with Crippen LogP contribution in [0.15, 0.2) is 42.5 Å². The summed E-state index contributed by atoms with van der Waals surface area (Å²) >= 11 is 12.1. The third-order valence-electron chi connectivity index (χ3n) is 4.93. The summed E-state index contributed by atoms with van der Waals surface area (Å²) in [5, 5.41) is 14.1. The number of amides is 1. The molecule has 0 aromatic heterocycles. The van der Waals surface area contributed by atoms with Gasteiger partial charge >= 0.3 is 0 Å². The van der Waals surface area contributed by atoms with E-state index in [0.29, 0.717) is 23.4 Å². The van der Waals surface area contributed by atoms with Gasteiger partial charge in [0.1, 0.15) is 0 Å². The van der Waals surface area contributed by atoms with Crippen molar-refractivity contribution in [3.8, 4) is 0 Å². The van der Waals surface area contributed by atoms with Gasteiger partial charge in [-0.1, -0.05) is 41.4 Å². The summed E-state index contributed by atoms with van der Waals surface area (Å²) in [6.07, 6.45) is 0.667. The fraction of sp³-hybridized carbons (Fsp3) is 0.316. The Kier molecular flexibility index (Phi) is 6.97. The van der Waals surface area contributed by atoms with Crippen LogP contribution in [0.3, 0.4) is 0 Å². The molecule has 1 N–H and O–H groups in total. The van der Waals surface area contributed by atoms with Crippen LogP contribution in [-0.2, 0) is 20.6 Å². The van der Waals surface area contributed by atoms with Crippen molar-refractivity contribution in [2.24, 2.45) is 5.92 Å². The highest BCUT2D eigenvalue weighted by Crippen LogP contribution is 2.29. The van der Waals surface area contributed by atoms with Crippen molar-refractivity contribution in [3.05, 3.63) is 68.2 Å². The summed E-state index contributed by atoms with van der Waals surface area (Å²) in [6.45, 7) is 0.404. The molecule has 11 heteroatoms. The Hall–Kier alpha value is -2.20. The summed E-state index contributed by atoms with van der Waals surface area (Å²) in [4.78, 5) is 22.9. The van der Waals surface area contributed by atoms with Crippen LogP contribution in [0.5, 0.6) is 0 Å². The molecule has 1 aliphatic rings. The number of carbonyl (C=O) groups is 1. The predicted molar refractivity (Wildman–Crippen MR) is 115 cm³/mol. The maximum atomic E-state index is 12.7. The lowest BCUT2D eigenvalue weighted by Crippen LogP contribution is -2.41. The molecule has 30 heavy (non-hydrogen) atoms. The third-order valence-corrected chi connectivity index (χ3v) is 7.46. The van der Waals surface area contributed by atoms with Gasteiger partial charge in [-0.2, -0.15) is 0 Å². The number of rotatable bonds is 6. The number of piperidine rings is 1. The van der Waals surface area contributed by atoms with E-state index in [1.165, 1.54) is 22.5 Å². The van der Waals surface area contributed by atoms with Crippen molar-refractivity contribution in [1.82, 2.24) is 4.31 Å². The lowest BCUT2D eigenvalue weighted by atomic mass is 9.97. The smallest absolute Gasteiger partial charge is 0.271 e. The molecule has 0 bridgehead atoms. The number of anilines is 1. The topological polar surface area (TPSA) is 110 Å². The van der Waals surface area contributed by atoms with Crippen LogP contribution >= 0.6 is 23.2 Å². The first-order chi connectivity index (χ1) is 14.2. The van der Waals surface area contributed by atoms with Gasteiger partial charge in [0, 0.05) is 36.2 Å². The summed E-state index contributed by atoms with van der Waals surface area (Å²) < 4.78 is 26.8. The average molecular weight is 472 g/mol. The highest BCUT2D eigenvalue weighted by molar-refractivity contribution is 7.88. The Balaban J connectivity index is 1.61. The van der Waals surface area contributed by atoms with E-state index in [2.05, 4.69) is 5.32 Å². The quantitative estimate of drug-likeness (QED) is 0.503. The van der Waals surface area contributed by atoms with E-state index in [1.54, 1.807) is 24.3 Å². The molecule has 0 spiro atoms. The molecule has 0 aliphatic carbocycles. The van der Waals surface area contributed by atoms with E-state index in [1.807, 2.05) is 0 Å². The number of nitrogens with one attached hydrogen (secondary N) is 1. The second-order valence-corrected chi connectivity index (χ2v) is 9.71. The van der Waals surface area contributed by atoms with Gasteiger partial charge in [0.05, 0.1) is 21.4 Å². The van der Waals surface area contributed by atoms with Crippen LogP contribution < -0.4 is 5.32 Å². The van der Waals surface area contributed by atoms with Crippen LogP contribution in [0.1, 0.15) is 18.4 Å². The van der Waals surface area contributed by atoms with Crippen LogP contribution in [0.25, 0.3) is 0 Å². The first-order valence-corrected chi connectivity index (χ1v) is 11.5. The molecule has 8 nitrogen and oxygen atoms in total. The predicted octanol–water partition coefficient (Wildman–Crippen LogP) is 4.08. The normalized spacial score (nSPS) is 15.7. The summed E-state index contributed by atoms with van der Waals surface area (Å²) in [6, 6.07) is 10.6. The fourth-order valence-corrected chi connectivity index (χ4v) is 5.30. The van der Waals surface area contributed by atoms with Crippen molar-refractivity contribution in [3.63, 3.8) is 0 Å². The number of sulfonamides is 1. The Labute approximate surface area is 184 Å². The first-order valence-electron chi connectivity index (χ1n) is 9.13. The Morgan fingerprint density at radius 3 is 2.43 bits per heavy atom. The molecular weight excluding hydrogens is 453 g/mol. The summed E-state index contributed by atoms with van der Waals surface area (Å²) in [5.41, 5.74) is 0.499. The minimum Gasteiger partial charge on any atom is -0.324 e. The largest absolute Gasteiger partial charge is 0.324 e. The van der Waals surface area contributed by atoms with E-state index in [-0.39, 0.29) is 41.1 Å². The molecule has 0 atom stereocenters. The van der Waals surface area contributed by atoms with Crippen molar-refractivity contribution in [1.29, 1.82) is 0 Å². The number of nitro benzene ring substituents is 1. The van der Waals surface area contributed by atoms with Crippen LogP contribution in [0.2, 0.25) is 10.0 Å². The summed E-state index contributed by atoms with van der Waals surface area (Å²) in [7, 11) is -3.57. The monoisotopic (exact) mass is 471 g/mol. The molecule has 2 aromatic carbocycles. The van der Waals surface area contributed by atoms with Gasteiger partial charge in [0.2, 0.25) is 15.9 Å². The molecular formula is C19H19Cl2N3O5S. The van der Waals surface area contributed by atoms with E-state index < -0.39 is 20.9 Å². The number of non-ortho nitro benzene ring substituents is 1. The molecule has 1 heterocycles. The lowest BCUT2D eigenvalue weighted by Gasteiger charge is -2.30. The number of hydrogen-bond donors (Lipinski definition) is 1. The second kappa shape index (κ2) is 9.30. The zero-order valence-electron chi connectivity index (χ0n) is 15.8. The summed E-state index contributed by atoms with van der Waals surface area (Å²) in [5.74, 6) is -0.972. The SMILES string of the molecule is O=C(Nc1cc([N+](=O)[O-])ccc1Cl)C1CCN(S(=O)(=O)Cc2ccccc2Cl)CC1. The van der Waals surface area contributed by atoms with E-state index >= 15 is 0 Å². The molecule has 160 valence electrons. The van der Waals surface area contributed by atoms with Gasteiger partial charge in [-0.15, -0.1) is 0 Å². The highest BCUT2D eigenvalue weighted by atomic mass is 35.5. The maximum Gasteiger partial charge on any atom is 0.271 e. The molecule has 3 rings (SSSR count). The van der Waals surface area contributed by atoms with Gasteiger partial charge in [-0.3, -0.25) is 14.9 Å². The minimum absolute atomic E-state index is 0.157. The Morgan fingerprint density at radius 1 is 1.13 bits per heavy atom. The number of hydrogen-bond acceptors (Lipinski definition) is 5. The van der Waals surface area contributed by atoms with Crippen molar-refractivity contribution >= 4 is 50.5 Å². The van der Waals surface area contributed by atoms with Gasteiger partial charge < -0.3 is 5.32 Å². The highest BCUT2D eigenvalue weighted by Gasteiger charge is 2.31. The van der Waals surface area contributed by atoms with Crippen LogP contribution in [-0.4, -0.2) is 36.6 Å². The maximum absolute atomic E-state index is 12.7. The molecule has 0 saturated carbocycles. The van der Waals surface area contributed by atoms with Gasteiger partial charge in [-0.25, -0.2) is 12.7 Å². The van der Waals surface area contributed by atoms with E-state index in [0.717, 1.165) is 0 Å². The van der Waals surface area contributed by atoms with Crippen molar-refractivity contribution in [2.45, 2.75) is 18.6 Å². The molecule has 0 unspecified atom stereocenters. The van der Waals surface area contributed by atoms with Gasteiger partial charge in [0.25, 0.3) is 5.69 Å². The molecule has 2 aromatic rings. The van der Waals surface area contributed by atoms with E-state index in [4.69, 9.17) is 23.2 Å². The second-order valence-electron chi connectivity index (χ2n) is 6.93. The number of nitro groups is 1. The zero-order valence-corrected chi connectivity index (χ0v) is 18.1. The van der Waals surface area contributed by atoms with Crippen LogP contribution in [0, 0.1) is 16.0 Å². The number of nitrogens with zero attached hydrogens (tertiary/aromatic N) is 2. The van der Waals surface area contributed by atoms with Crippen molar-refractivity contribution < 1.29 is 18.1 Å². The van der Waals surface area contributed by atoms with Gasteiger partial charge in [-0.05, 0) is 30.5 Å². The molecule has 0 radical (unpaired) electrons. The Bertz CT molecular complexity index is 1070. The molecule has 1 fully saturated rings. The lowest BCUT2D eigenvalue weighted by molar-refractivity contribution is -0.384. The number of carbonyl (C=O) groups excluding carboxylic acids is 1. The Morgan fingerprint density at radius 2 is 1.80 bits per heavy atom. The van der Waals surface area contributed by atoms with Gasteiger partial charge in [0.15, 0.2) is 0 Å². The average Bonchev–Trinajstić information content (AvgIpc) is 2.71. The third kappa shape index (κ3) is 5.28. The van der Waals surface area contributed by atoms with Crippen LogP contribution in [0.4, 0.5) is 11.4 Å².